The average Bonchev–Trinajstić information content (AvgIpc) is 3.47. The van der Waals surface area contributed by atoms with Crippen LogP contribution in [0, 0.1) is 0 Å². The summed E-state index contributed by atoms with van der Waals surface area (Å²) in [6.07, 6.45) is -9.70. The van der Waals surface area contributed by atoms with Crippen LogP contribution in [0.5, 0.6) is 0 Å². The number of carbonyl (C=O) groups excluding carboxylic acids is 2. The SMILES string of the molecule is O=C(Nc1nnc(-c2cccc(Cl)c2)s1)C1CCCN1C(=O)c1cc(C(F)(F)F)cc(C(F)(F)F)c1. The fraction of sp³-hybridized carbons (Fsp3) is 0.273. The van der Waals surface area contributed by atoms with E-state index in [4.69, 9.17) is 11.6 Å². The van der Waals surface area contributed by atoms with Crippen molar-refractivity contribution in [2.75, 3.05) is 11.9 Å². The fourth-order valence-corrected chi connectivity index (χ4v) is 4.66. The quantitative estimate of drug-likeness (QED) is 0.398. The summed E-state index contributed by atoms with van der Waals surface area (Å²) in [5, 5.41) is 11.4. The van der Waals surface area contributed by atoms with Gasteiger partial charge in [0.2, 0.25) is 11.0 Å². The van der Waals surface area contributed by atoms with E-state index in [2.05, 4.69) is 15.5 Å². The summed E-state index contributed by atoms with van der Waals surface area (Å²) >= 11 is 6.99. The number of amides is 2. The maximum absolute atomic E-state index is 13.2. The van der Waals surface area contributed by atoms with Crippen LogP contribution in [0.15, 0.2) is 42.5 Å². The van der Waals surface area contributed by atoms with Gasteiger partial charge in [-0.15, -0.1) is 10.2 Å². The number of halogens is 7. The Kier molecular flexibility index (Phi) is 6.97. The van der Waals surface area contributed by atoms with Crippen LogP contribution in [0.4, 0.5) is 31.5 Å². The van der Waals surface area contributed by atoms with Crippen LogP contribution < -0.4 is 5.32 Å². The molecular weight excluding hydrogens is 534 g/mol. The predicted molar refractivity (Wildman–Crippen MR) is 119 cm³/mol. The van der Waals surface area contributed by atoms with Crippen LogP contribution in [0.3, 0.4) is 0 Å². The highest BCUT2D eigenvalue weighted by Gasteiger charge is 2.40. The largest absolute Gasteiger partial charge is 0.416 e. The van der Waals surface area contributed by atoms with Crippen molar-refractivity contribution in [2.45, 2.75) is 31.2 Å². The number of likely N-dealkylation sites (tertiary alicyclic amines) is 1. The number of rotatable bonds is 4. The third-order valence-electron chi connectivity index (χ3n) is 5.38. The molecule has 1 saturated heterocycles. The highest BCUT2D eigenvalue weighted by molar-refractivity contribution is 7.18. The Bertz CT molecular complexity index is 1280. The van der Waals surface area contributed by atoms with Gasteiger partial charge in [0, 0.05) is 22.7 Å². The van der Waals surface area contributed by atoms with Gasteiger partial charge < -0.3 is 4.90 Å². The first kappa shape index (κ1) is 25.9. The van der Waals surface area contributed by atoms with E-state index in [0.717, 1.165) is 16.2 Å². The number of aromatic nitrogens is 2. The zero-order chi connectivity index (χ0) is 26.3. The smallest absolute Gasteiger partial charge is 0.327 e. The van der Waals surface area contributed by atoms with Crippen LogP contribution in [-0.4, -0.2) is 39.5 Å². The summed E-state index contributed by atoms with van der Waals surface area (Å²) in [7, 11) is 0. The molecule has 1 aliphatic heterocycles. The van der Waals surface area contributed by atoms with Crippen molar-refractivity contribution >= 4 is 39.9 Å². The lowest BCUT2D eigenvalue weighted by molar-refractivity contribution is -0.143. The second-order valence-corrected chi connectivity index (χ2v) is 9.28. The van der Waals surface area contributed by atoms with E-state index < -0.39 is 46.9 Å². The minimum Gasteiger partial charge on any atom is -0.327 e. The maximum atomic E-state index is 13.2. The molecule has 0 bridgehead atoms. The zero-order valence-corrected chi connectivity index (χ0v) is 19.5. The Morgan fingerprint density at radius 2 is 1.67 bits per heavy atom. The number of nitrogens with zero attached hydrogens (tertiary/aromatic N) is 3. The van der Waals surface area contributed by atoms with Gasteiger partial charge in [-0.05, 0) is 43.2 Å². The molecule has 1 atom stereocenters. The molecule has 1 N–H and O–H groups in total. The summed E-state index contributed by atoms with van der Waals surface area (Å²) in [6, 6.07) is 6.30. The second-order valence-electron chi connectivity index (χ2n) is 7.86. The molecule has 1 unspecified atom stereocenters. The van der Waals surface area contributed by atoms with E-state index in [9.17, 15) is 35.9 Å². The number of benzene rings is 2. The molecule has 4 rings (SSSR count). The minimum absolute atomic E-state index is 0.0155. The van der Waals surface area contributed by atoms with Crippen molar-refractivity contribution in [3.05, 3.63) is 64.2 Å². The molecule has 2 amide bonds. The van der Waals surface area contributed by atoms with Crippen molar-refractivity contribution in [3.63, 3.8) is 0 Å². The standard InChI is InChI=1S/C22H15ClF6N4O2S/c23-15-4-1-3-11(9-15)18-31-32-20(36-18)30-17(34)16-5-2-6-33(16)19(35)12-7-13(21(24,25)26)10-14(8-12)22(27,28)29/h1,3-4,7-10,16H,2,5-6H2,(H,30,32,34). The van der Waals surface area contributed by atoms with Gasteiger partial charge in [0.25, 0.3) is 5.91 Å². The molecule has 14 heteroatoms. The maximum Gasteiger partial charge on any atom is 0.416 e. The van der Waals surface area contributed by atoms with Gasteiger partial charge in [0.1, 0.15) is 11.0 Å². The first-order chi connectivity index (χ1) is 16.8. The van der Waals surface area contributed by atoms with E-state index in [-0.39, 0.29) is 24.2 Å². The summed E-state index contributed by atoms with van der Waals surface area (Å²) in [4.78, 5) is 26.8. The van der Waals surface area contributed by atoms with Gasteiger partial charge in [-0.2, -0.15) is 26.3 Å². The van der Waals surface area contributed by atoms with Crippen molar-refractivity contribution in [1.82, 2.24) is 15.1 Å². The highest BCUT2D eigenvalue weighted by Crippen LogP contribution is 2.37. The summed E-state index contributed by atoms with van der Waals surface area (Å²) < 4.78 is 79.2. The van der Waals surface area contributed by atoms with Gasteiger partial charge in [-0.3, -0.25) is 14.9 Å². The number of anilines is 1. The number of carbonyl (C=O) groups is 2. The normalized spacial score (nSPS) is 16.3. The van der Waals surface area contributed by atoms with Crippen molar-refractivity contribution < 1.29 is 35.9 Å². The van der Waals surface area contributed by atoms with E-state index in [1.165, 1.54) is 0 Å². The molecule has 3 aromatic rings. The fourth-order valence-electron chi connectivity index (χ4n) is 3.73. The predicted octanol–water partition coefficient (Wildman–Crippen LogP) is 6.14. The molecule has 2 heterocycles. The van der Waals surface area contributed by atoms with Crippen LogP contribution in [0.2, 0.25) is 5.02 Å². The lowest BCUT2D eigenvalue weighted by Gasteiger charge is -2.24. The van der Waals surface area contributed by atoms with Crippen molar-refractivity contribution in [1.29, 1.82) is 0 Å². The molecule has 0 radical (unpaired) electrons. The van der Waals surface area contributed by atoms with Gasteiger partial charge in [0.05, 0.1) is 11.1 Å². The molecule has 1 aliphatic rings. The van der Waals surface area contributed by atoms with Gasteiger partial charge in [-0.1, -0.05) is 35.1 Å². The van der Waals surface area contributed by atoms with Gasteiger partial charge >= 0.3 is 12.4 Å². The Morgan fingerprint density at radius 1 is 1.00 bits per heavy atom. The average molecular weight is 549 g/mol. The van der Waals surface area contributed by atoms with Crippen LogP contribution in [0.25, 0.3) is 10.6 Å². The molecular formula is C22H15ClF6N4O2S. The lowest BCUT2D eigenvalue weighted by Crippen LogP contribution is -2.43. The Labute approximate surface area is 208 Å². The minimum atomic E-state index is -5.10. The first-order valence-electron chi connectivity index (χ1n) is 10.3. The first-order valence-corrected chi connectivity index (χ1v) is 11.5. The Balaban J connectivity index is 1.55. The topological polar surface area (TPSA) is 75.2 Å². The Hall–Kier alpha value is -3.19. The van der Waals surface area contributed by atoms with E-state index >= 15 is 0 Å². The van der Waals surface area contributed by atoms with Gasteiger partial charge in [-0.25, -0.2) is 0 Å². The molecule has 0 spiro atoms. The summed E-state index contributed by atoms with van der Waals surface area (Å²) in [5.74, 6) is -1.79. The van der Waals surface area contributed by atoms with Crippen LogP contribution in [0.1, 0.15) is 34.3 Å². The number of alkyl halides is 6. The molecule has 2 aromatic carbocycles. The summed E-state index contributed by atoms with van der Waals surface area (Å²) in [6.45, 7) is -0.0155. The number of hydrogen-bond acceptors (Lipinski definition) is 5. The molecule has 0 aliphatic carbocycles. The molecule has 1 fully saturated rings. The van der Waals surface area contributed by atoms with Crippen LogP contribution in [-0.2, 0) is 17.1 Å². The van der Waals surface area contributed by atoms with E-state index in [1.807, 2.05) is 0 Å². The lowest BCUT2D eigenvalue weighted by atomic mass is 10.0. The zero-order valence-electron chi connectivity index (χ0n) is 18.0. The van der Waals surface area contributed by atoms with Crippen molar-refractivity contribution in [3.8, 4) is 10.6 Å². The van der Waals surface area contributed by atoms with E-state index in [0.29, 0.717) is 34.1 Å². The summed E-state index contributed by atoms with van der Waals surface area (Å²) in [5.41, 5.74) is -3.37. The van der Waals surface area contributed by atoms with E-state index in [1.54, 1.807) is 24.3 Å². The molecule has 0 saturated carbocycles. The Morgan fingerprint density at radius 3 is 2.28 bits per heavy atom. The highest BCUT2D eigenvalue weighted by atomic mass is 35.5. The van der Waals surface area contributed by atoms with Crippen molar-refractivity contribution in [2.24, 2.45) is 0 Å². The molecule has 1 aromatic heterocycles. The van der Waals surface area contributed by atoms with Crippen LogP contribution >= 0.6 is 22.9 Å². The molecule has 190 valence electrons. The molecule has 36 heavy (non-hydrogen) atoms. The molecule has 6 nitrogen and oxygen atoms in total. The second kappa shape index (κ2) is 9.69. The van der Waals surface area contributed by atoms with Gasteiger partial charge in [0.15, 0.2) is 0 Å². The number of nitrogens with one attached hydrogen (secondary N) is 1. The third kappa shape index (κ3) is 5.62. The monoisotopic (exact) mass is 548 g/mol. The number of hydrogen-bond donors (Lipinski definition) is 1. The third-order valence-corrected chi connectivity index (χ3v) is 6.50.